The molecule has 138 valence electrons. The zero-order valence-corrected chi connectivity index (χ0v) is 15.4. The summed E-state index contributed by atoms with van der Waals surface area (Å²) in [4.78, 5) is 28.3. The molecule has 0 aliphatic carbocycles. The summed E-state index contributed by atoms with van der Waals surface area (Å²) in [6.45, 7) is 2.17. The highest BCUT2D eigenvalue weighted by Gasteiger charge is 2.15. The van der Waals surface area contributed by atoms with Crippen LogP contribution >= 0.6 is 0 Å². The van der Waals surface area contributed by atoms with Crippen molar-refractivity contribution >= 4 is 17.6 Å². The molecule has 0 saturated carbocycles. The van der Waals surface area contributed by atoms with E-state index in [2.05, 4.69) is 17.2 Å². The summed E-state index contributed by atoms with van der Waals surface area (Å²) >= 11 is 0. The Morgan fingerprint density at radius 1 is 1.12 bits per heavy atom. The molecule has 0 saturated heterocycles. The number of carbonyl (C=O) groups is 2. The molecule has 0 atom stereocenters. The van der Waals surface area contributed by atoms with Gasteiger partial charge in [-0.2, -0.15) is 0 Å². The molecule has 6 heteroatoms. The van der Waals surface area contributed by atoms with Crippen molar-refractivity contribution in [1.29, 1.82) is 0 Å². The van der Waals surface area contributed by atoms with Gasteiger partial charge in [0.25, 0.3) is 5.91 Å². The van der Waals surface area contributed by atoms with Gasteiger partial charge in [0.15, 0.2) is 0 Å². The van der Waals surface area contributed by atoms with Gasteiger partial charge in [-0.25, -0.2) is 4.79 Å². The third-order valence-corrected chi connectivity index (χ3v) is 3.99. The molecule has 0 spiro atoms. The number of esters is 1. The van der Waals surface area contributed by atoms with Crippen LogP contribution in [0.2, 0.25) is 0 Å². The molecule has 1 N–H and O–H groups in total. The van der Waals surface area contributed by atoms with Gasteiger partial charge in [-0.1, -0.05) is 25.8 Å². The smallest absolute Gasteiger partial charge is 0.341 e. The summed E-state index contributed by atoms with van der Waals surface area (Å²) in [5.74, 6) is -0.494. The van der Waals surface area contributed by atoms with Gasteiger partial charge in [-0.3, -0.25) is 9.78 Å². The normalized spacial score (nSPS) is 10.3. The Morgan fingerprint density at radius 2 is 1.92 bits per heavy atom. The summed E-state index contributed by atoms with van der Waals surface area (Å²) in [7, 11) is 2.75. The van der Waals surface area contributed by atoms with Crippen LogP contribution in [0.25, 0.3) is 0 Å². The fourth-order valence-electron chi connectivity index (χ4n) is 2.53. The number of benzene rings is 1. The largest absolute Gasteiger partial charge is 0.496 e. The fraction of sp³-hybridized carbons (Fsp3) is 0.350. The lowest BCUT2D eigenvalue weighted by atomic mass is 10.1. The Kier molecular flexibility index (Phi) is 7.14. The van der Waals surface area contributed by atoms with Gasteiger partial charge in [0.1, 0.15) is 17.0 Å². The molecule has 2 aromatic rings. The van der Waals surface area contributed by atoms with E-state index in [0.29, 0.717) is 22.7 Å². The van der Waals surface area contributed by atoms with Crippen molar-refractivity contribution < 1.29 is 19.1 Å². The third kappa shape index (κ3) is 5.05. The van der Waals surface area contributed by atoms with Crippen LogP contribution in [0.15, 0.2) is 36.5 Å². The van der Waals surface area contributed by atoms with E-state index in [0.717, 1.165) is 18.4 Å². The average molecular weight is 356 g/mol. The van der Waals surface area contributed by atoms with E-state index in [-0.39, 0.29) is 5.91 Å². The second kappa shape index (κ2) is 9.56. The van der Waals surface area contributed by atoms with Crippen LogP contribution in [-0.2, 0) is 11.2 Å². The molecule has 0 radical (unpaired) electrons. The summed E-state index contributed by atoms with van der Waals surface area (Å²) in [5, 5.41) is 2.76. The molecule has 0 bridgehead atoms. The van der Waals surface area contributed by atoms with E-state index < -0.39 is 5.97 Å². The molecule has 1 heterocycles. The minimum absolute atomic E-state index is 0.294. The fourth-order valence-corrected chi connectivity index (χ4v) is 2.53. The molecule has 0 fully saturated rings. The molecular weight excluding hydrogens is 332 g/mol. The van der Waals surface area contributed by atoms with Crippen LogP contribution in [-0.4, -0.2) is 31.1 Å². The maximum atomic E-state index is 12.4. The Balaban J connectivity index is 2.06. The number of methoxy groups -OCH3 is 2. The lowest BCUT2D eigenvalue weighted by molar-refractivity contribution is 0.0597. The zero-order valence-electron chi connectivity index (χ0n) is 15.4. The van der Waals surface area contributed by atoms with E-state index >= 15 is 0 Å². The standard InChI is InChI=1S/C20H24N2O4/c1-4-5-6-7-14-8-11-17(21-13-14)19(23)22-15-9-10-16(20(24)26-3)18(12-15)25-2/h8-13H,4-7H2,1-3H3,(H,22,23). The number of nitrogens with one attached hydrogen (secondary N) is 1. The highest BCUT2D eigenvalue weighted by Crippen LogP contribution is 2.24. The molecule has 0 aliphatic rings. The minimum Gasteiger partial charge on any atom is -0.496 e. The third-order valence-electron chi connectivity index (χ3n) is 3.99. The van der Waals surface area contributed by atoms with Crippen molar-refractivity contribution in [1.82, 2.24) is 4.98 Å². The van der Waals surface area contributed by atoms with Gasteiger partial charge in [-0.05, 0) is 36.6 Å². The van der Waals surface area contributed by atoms with Crippen molar-refractivity contribution in [3.8, 4) is 5.75 Å². The molecule has 1 amide bonds. The topological polar surface area (TPSA) is 77.5 Å². The lowest BCUT2D eigenvalue weighted by Gasteiger charge is -2.10. The Morgan fingerprint density at radius 3 is 2.54 bits per heavy atom. The van der Waals surface area contributed by atoms with Crippen LogP contribution in [0.3, 0.4) is 0 Å². The van der Waals surface area contributed by atoms with Crippen molar-refractivity contribution in [2.45, 2.75) is 32.6 Å². The molecule has 0 aliphatic heterocycles. The predicted molar refractivity (Wildman–Crippen MR) is 99.8 cm³/mol. The highest BCUT2D eigenvalue weighted by atomic mass is 16.5. The van der Waals surface area contributed by atoms with Gasteiger partial charge < -0.3 is 14.8 Å². The number of amides is 1. The molecule has 26 heavy (non-hydrogen) atoms. The highest BCUT2D eigenvalue weighted by molar-refractivity contribution is 6.03. The number of carbonyl (C=O) groups excluding carboxylic acids is 2. The number of hydrogen-bond acceptors (Lipinski definition) is 5. The van der Waals surface area contributed by atoms with Crippen molar-refractivity contribution in [2.75, 3.05) is 19.5 Å². The number of ether oxygens (including phenoxy) is 2. The SMILES string of the molecule is CCCCCc1ccc(C(=O)Nc2ccc(C(=O)OC)c(OC)c2)nc1. The summed E-state index contributed by atoms with van der Waals surface area (Å²) in [6, 6.07) is 8.38. The first-order valence-electron chi connectivity index (χ1n) is 8.61. The van der Waals surface area contributed by atoms with Gasteiger partial charge in [0, 0.05) is 18.0 Å². The lowest BCUT2D eigenvalue weighted by Crippen LogP contribution is -2.14. The van der Waals surface area contributed by atoms with Crippen LogP contribution in [0.1, 0.15) is 52.6 Å². The molecular formula is C20H24N2O4. The van der Waals surface area contributed by atoms with Crippen LogP contribution in [0.5, 0.6) is 5.75 Å². The Labute approximate surface area is 153 Å². The van der Waals surface area contributed by atoms with E-state index in [9.17, 15) is 9.59 Å². The number of anilines is 1. The quantitative estimate of drug-likeness (QED) is 0.574. The number of pyridine rings is 1. The van der Waals surface area contributed by atoms with Gasteiger partial charge in [0.2, 0.25) is 0 Å². The first-order valence-corrected chi connectivity index (χ1v) is 8.61. The number of aryl methyl sites for hydroxylation is 1. The molecule has 2 rings (SSSR count). The Hall–Kier alpha value is -2.89. The van der Waals surface area contributed by atoms with Crippen molar-refractivity contribution in [3.05, 3.63) is 53.3 Å². The van der Waals surface area contributed by atoms with Gasteiger partial charge in [-0.15, -0.1) is 0 Å². The maximum Gasteiger partial charge on any atom is 0.341 e. The van der Waals surface area contributed by atoms with Crippen LogP contribution in [0, 0.1) is 0 Å². The average Bonchev–Trinajstić information content (AvgIpc) is 2.68. The molecule has 1 aromatic carbocycles. The maximum absolute atomic E-state index is 12.4. The van der Waals surface area contributed by atoms with Crippen LogP contribution < -0.4 is 10.1 Å². The van der Waals surface area contributed by atoms with Gasteiger partial charge >= 0.3 is 5.97 Å². The predicted octanol–water partition coefficient (Wildman–Crippen LogP) is 3.86. The second-order valence-electron chi connectivity index (χ2n) is 5.87. The first kappa shape index (κ1) is 19.4. The van der Waals surface area contributed by atoms with Gasteiger partial charge in [0.05, 0.1) is 14.2 Å². The van der Waals surface area contributed by atoms with Crippen LogP contribution in [0.4, 0.5) is 5.69 Å². The summed E-state index contributed by atoms with van der Waals surface area (Å²) in [5.41, 5.74) is 2.26. The van der Waals surface area contributed by atoms with Crippen molar-refractivity contribution in [3.63, 3.8) is 0 Å². The van der Waals surface area contributed by atoms with E-state index in [1.165, 1.54) is 27.1 Å². The number of unbranched alkanes of at least 4 members (excludes halogenated alkanes) is 2. The number of aromatic nitrogens is 1. The molecule has 0 unspecified atom stereocenters. The second-order valence-corrected chi connectivity index (χ2v) is 5.87. The molecule has 6 nitrogen and oxygen atoms in total. The minimum atomic E-state index is -0.500. The zero-order chi connectivity index (χ0) is 18.9. The first-order chi connectivity index (χ1) is 12.6. The number of rotatable bonds is 8. The number of hydrogen-bond donors (Lipinski definition) is 1. The summed E-state index contributed by atoms with van der Waals surface area (Å²) in [6.07, 6.45) is 6.19. The molecule has 1 aromatic heterocycles. The van der Waals surface area contributed by atoms with Crippen molar-refractivity contribution in [2.24, 2.45) is 0 Å². The summed E-state index contributed by atoms with van der Waals surface area (Å²) < 4.78 is 9.89. The Bertz CT molecular complexity index is 757. The number of nitrogens with zero attached hydrogens (tertiary/aromatic N) is 1. The van der Waals surface area contributed by atoms with E-state index in [1.807, 2.05) is 6.07 Å². The van der Waals surface area contributed by atoms with E-state index in [4.69, 9.17) is 9.47 Å². The van der Waals surface area contributed by atoms with E-state index in [1.54, 1.807) is 30.5 Å². The monoisotopic (exact) mass is 356 g/mol.